The van der Waals surface area contributed by atoms with E-state index in [1.807, 2.05) is 19.2 Å². The van der Waals surface area contributed by atoms with Gasteiger partial charge in [0.2, 0.25) is 11.8 Å². The van der Waals surface area contributed by atoms with Crippen molar-refractivity contribution >= 4 is 23.2 Å². The minimum absolute atomic E-state index is 0.169. The fraction of sp³-hybridized carbons (Fsp3) is 0.704. The number of nitrogens with one attached hydrogen (secondary N) is 1. The van der Waals surface area contributed by atoms with Crippen molar-refractivity contribution in [3.8, 4) is 0 Å². The molecular formula is C27H37N3O3. The summed E-state index contributed by atoms with van der Waals surface area (Å²) in [5.41, 5.74) is 1.86. The van der Waals surface area contributed by atoms with Gasteiger partial charge in [-0.05, 0) is 99.8 Å². The molecule has 6 nitrogen and oxygen atoms in total. The summed E-state index contributed by atoms with van der Waals surface area (Å²) < 4.78 is 0. The van der Waals surface area contributed by atoms with Crippen LogP contribution in [0.25, 0.3) is 0 Å². The van der Waals surface area contributed by atoms with Crippen molar-refractivity contribution in [3.05, 3.63) is 24.3 Å². The van der Waals surface area contributed by atoms with Gasteiger partial charge in [-0.2, -0.15) is 0 Å². The zero-order valence-corrected chi connectivity index (χ0v) is 19.7. The molecule has 1 aliphatic heterocycles. The predicted molar refractivity (Wildman–Crippen MR) is 128 cm³/mol. The van der Waals surface area contributed by atoms with E-state index >= 15 is 0 Å². The van der Waals surface area contributed by atoms with Crippen LogP contribution in [0.3, 0.4) is 0 Å². The number of amides is 2. The molecule has 3 atom stereocenters. The first kappa shape index (κ1) is 21.5. The number of hydrogen-bond acceptors (Lipinski definition) is 4. The molecule has 4 bridgehead atoms. The van der Waals surface area contributed by atoms with Crippen molar-refractivity contribution < 1.29 is 14.7 Å². The second-order valence-electron chi connectivity index (χ2n) is 11.7. The molecule has 5 saturated carbocycles. The summed E-state index contributed by atoms with van der Waals surface area (Å²) >= 11 is 0. The van der Waals surface area contributed by atoms with E-state index in [-0.39, 0.29) is 35.3 Å². The maximum Gasteiger partial charge on any atom is 0.229 e. The van der Waals surface area contributed by atoms with Crippen LogP contribution < -0.4 is 15.1 Å². The molecule has 2 amide bonds. The number of carbonyl (C=O) groups is 2. The van der Waals surface area contributed by atoms with Crippen molar-refractivity contribution in [3.63, 3.8) is 0 Å². The molecule has 6 heteroatoms. The Morgan fingerprint density at radius 2 is 1.76 bits per heavy atom. The van der Waals surface area contributed by atoms with E-state index in [9.17, 15) is 14.7 Å². The Morgan fingerprint density at radius 3 is 2.42 bits per heavy atom. The van der Waals surface area contributed by atoms with E-state index in [0.29, 0.717) is 17.8 Å². The molecule has 33 heavy (non-hydrogen) atoms. The maximum atomic E-state index is 13.5. The summed E-state index contributed by atoms with van der Waals surface area (Å²) in [6.45, 7) is 1.82. The van der Waals surface area contributed by atoms with E-state index in [1.54, 1.807) is 4.90 Å². The molecule has 6 aliphatic rings. The van der Waals surface area contributed by atoms with Gasteiger partial charge in [0.05, 0.1) is 11.5 Å². The van der Waals surface area contributed by atoms with Crippen LogP contribution in [0, 0.1) is 29.1 Å². The van der Waals surface area contributed by atoms with Crippen molar-refractivity contribution in [1.29, 1.82) is 0 Å². The average Bonchev–Trinajstić information content (AvgIpc) is 3.67. The third-order valence-electron chi connectivity index (χ3n) is 9.32. The van der Waals surface area contributed by atoms with Crippen LogP contribution in [0.4, 0.5) is 11.4 Å². The van der Waals surface area contributed by atoms with Crippen LogP contribution in [-0.2, 0) is 9.59 Å². The Labute approximate surface area is 196 Å². The molecular weight excluding hydrogens is 414 g/mol. The smallest absolute Gasteiger partial charge is 0.229 e. The fourth-order valence-corrected chi connectivity index (χ4v) is 7.56. The molecule has 178 valence electrons. The highest BCUT2D eigenvalue weighted by Gasteiger charge is 2.58. The van der Waals surface area contributed by atoms with Crippen molar-refractivity contribution in [2.24, 2.45) is 29.1 Å². The lowest BCUT2D eigenvalue weighted by Crippen LogP contribution is -2.60. The number of benzene rings is 1. The Kier molecular flexibility index (Phi) is 5.20. The van der Waals surface area contributed by atoms with Gasteiger partial charge < -0.3 is 20.2 Å². The van der Waals surface area contributed by atoms with Crippen molar-refractivity contribution in [2.45, 2.75) is 69.9 Å². The summed E-state index contributed by atoms with van der Waals surface area (Å²) in [4.78, 5) is 30.0. The standard InChI is InChI=1S/C27H37N3O3/c1-29(25(32)18-4-5-18)22-6-8-23(9-7-22)30-10-2-3-21(16-30)28-26(33)27-13-17-11-19(14-27)24(31)20(12-17)15-27/h6-9,17-21,24,31H,2-5,10-16H2,1H3,(H,28,33). The van der Waals surface area contributed by atoms with E-state index in [1.165, 1.54) is 0 Å². The highest BCUT2D eigenvalue weighted by molar-refractivity contribution is 5.96. The first-order valence-corrected chi connectivity index (χ1v) is 13.0. The number of piperidine rings is 1. The van der Waals surface area contributed by atoms with Crippen LogP contribution in [0.15, 0.2) is 24.3 Å². The largest absolute Gasteiger partial charge is 0.393 e. The summed E-state index contributed by atoms with van der Waals surface area (Å²) in [5.74, 6) is 1.97. The number of aliphatic hydroxyl groups is 1. The summed E-state index contributed by atoms with van der Waals surface area (Å²) in [6.07, 6.45) is 8.93. The van der Waals surface area contributed by atoms with E-state index in [2.05, 4.69) is 22.3 Å². The number of anilines is 2. The summed E-state index contributed by atoms with van der Waals surface area (Å²) in [7, 11) is 1.87. The van der Waals surface area contributed by atoms with Gasteiger partial charge in [0.1, 0.15) is 0 Å². The van der Waals surface area contributed by atoms with Crippen LogP contribution in [0.2, 0.25) is 0 Å². The fourth-order valence-electron chi connectivity index (χ4n) is 7.56. The topological polar surface area (TPSA) is 72.9 Å². The van der Waals surface area contributed by atoms with Gasteiger partial charge in [-0.1, -0.05) is 0 Å². The molecule has 7 rings (SSSR count). The summed E-state index contributed by atoms with van der Waals surface area (Å²) in [5, 5.41) is 14.0. The van der Waals surface area contributed by atoms with E-state index < -0.39 is 0 Å². The molecule has 6 fully saturated rings. The molecule has 1 aromatic rings. The van der Waals surface area contributed by atoms with Crippen molar-refractivity contribution in [2.75, 3.05) is 29.9 Å². The quantitative estimate of drug-likeness (QED) is 0.720. The predicted octanol–water partition coefficient (Wildman–Crippen LogP) is 3.33. The van der Waals surface area contributed by atoms with Gasteiger partial charge in [-0.15, -0.1) is 0 Å². The van der Waals surface area contributed by atoms with Gasteiger partial charge in [-0.25, -0.2) is 0 Å². The van der Waals surface area contributed by atoms with Gasteiger partial charge in [-0.3, -0.25) is 9.59 Å². The van der Waals surface area contributed by atoms with Gasteiger partial charge >= 0.3 is 0 Å². The molecule has 1 aromatic carbocycles. The normalized spacial score (nSPS) is 37.2. The lowest BCUT2D eigenvalue weighted by atomic mass is 9.48. The first-order valence-electron chi connectivity index (χ1n) is 13.0. The van der Waals surface area contributed by atoms with Crippen molar-refractivity contribution in [1.82, 2.24) is 5.32 Å². The van der Waals surface area contributed by atoms with Crippen LogP contribution in [-0.4, -0.2) is 49.2 Å². The van der Waals surface area contributed by atoms with Crippen LogP contribution in [0.5, 0.6) is 0 Å². The maximum absolute atomic E-state index is 13.5. The third kappa shape index (κ3) is 3.84. The second kappa shape index (κ2) is 8.00. The van der Waals surface area contributed by atoms with E-state index in [0.717, 1.165) is 82.3 Å². The number of rotatable bonds is 5. The lowest BCUT2D eigenvalue weighted by Gasteiger charge is -2.58. The van der Waals surface area contributed by atoms with Crippen LogP contribution in [0.1, 0.15) is 57.8 Å². The molecule has 0 aromatic heterocycles. The number of hydrogen-bond donors (Lipinski definition) is 2. The highest BCUT2D eigenvalue weighted by atomic mass is 16.3. The first-order chi connectivity index (χ1) is 15.9. The molecule has 0 spiro atoms. The SMILES string of the molecule is CN(C(=O)C1CC1)c1ccc(N2CCCC(NC(=O)C34CC5CC(C3)C(O)C(C5)C4)C2)cc1. The van der Waals surface area contributed by atoms with E-state index in [4.69, 9.17) is 0 Å². The van der Waals surface area contributed by atoms with Gasteiger partial charge in [0.15, 0.2) is 0 Å². The van der Waals surface area contributed by atoms with Crippen LogP contribution >= 0.6 is 0 Å². The Bertz CT molecular complexity index is 911. The monoisotopic (exact) mass is 451 g/mol. The minimum Gasteiger partial charge on any atom is -0.393 e. The molecule has 2 N–H and O–H groups in total. The number of nitrogens with zero attached hydrogens (tertiary/aromatic N) is 2. The molecule has 1 heterocycles. The van der Waals surface area contributed by atoms with Gasteiger partial charge in [0, 0.05) is 43.5 Å². The third-order valence-corrected chi connectivity index (χ3v) is 9.32. The molecule has 3 unspecified atom stereocenters. The minimum atomic E-state index is -0.238. The highest BCUT2D eigenvalue weighted by Crippen LogP contribution is 2.60. The van der Waals surface area contributed by atoms with Gasteiger partial charge in [0.25, 0.3) is 0 Å². The average molecular weight is 452 g/mol. The molecule has 1 saturated heterocycles. The number of carbonyl (C=O) groups excluding carboxylic acids is 2. The Balaban J connectivity index is 1.09. The summed E-state index contributed by atoms with van der Waals surface area (Å²) in [6, 6.07) is 8.47. The molecule has 5 aliphatic carbocycles. The number of aliphatic hydroxyl groups excluding tert-OH is 1. The zero-order chi connectivity index (χ0) is 22.7. The Morgan fingerprint density at radius 1 is 1.06 bits per heavy atom. The lowest BCUT2D eigenvalue weighted by molar-refractivity contribution is -0.163. The zero-order valence-electron chi connectivity index (χ0n) is 19.7. The molecule has 0 radical (unpaired) electrons. The Hall–Kier alpha value is -2.08. The second-order valence-corrected chi connectivity index (χ2v) is 11.7.